The van der Waals surface area contributed by atoms with Gasteiger partial charge in [0.05, 0.1) is 9.79 Å². The molecule has 0 unspecified atom stereocenters. The van der Waals surface area contributed by atoms with E-state index in [2.05, 4.69) is 9.71 Å². The number of nitrogens with zero attached hydrogens (tertiary/aromatic N) is 1. The number of amidine groups is 1. The Balaban J connectivity index is 1.53. The number of nitrogens with two attached hydrogens (primary N) is 1. The number of ether oxygens (including phenoxy) is 2. The van der Waals surface area contributed by atoms with E-state index in [1.54, 1.807) is 18.2 Å². The zero-order valence-electron chi connectivity index (χ0n) is 15.8. The quantitative estimate of drug-likeness (QED) is 0.454. The van der Waals surface area contributed by atoms with Crippen molar-refractivity contribution in [2.45, 2.75) is 22.8 Å². The summed E-state index contributed by atoms with van der Waals surface area (Å²) >= 11 is 0. The summed E-state index contributed by atoms with van der Waals surface area (Å²) in [5.74, 6) is -0.191. The Hall–Kier alpha value is -2.96. The molecule has 2 aromatic carbocycles. The van der Waals surface area contributed by atoms with E-state index in [0.29, 0.717) is 11.3 Å². The molecule has 1 atom stereocenters. The van der Waals surface area contributed by atoms with Crippen LogP contribution in [-0.4, -0.2) is 47.9 Å². The summed E-state index contributed by atoms with van der Waals surface area (Å²) in [5, 5.41) is 5.02. The van der Waals surface area contributed by atoms with Crippen molar-refractivity contribution < 1.29 is 31.1 Å². The van der Waals surface area contributed by atoms with Crippen LogP contribution in [0.5, 0.6) is 5.75 Å². The van der Waals surface area contributed by atoms with Crippen LogP contribution in [0.3, 0.4) is 0 Å². The first-order valence-electron chi connectivity index (χ1n) is 8.70. The van der Waals surface area contributed by atoms with Gasteiger partial charge in [-0.25, -0.2) is 26.8 Å². The molecule has 0 amide bonds. The highest BCUT2D eigenvalue weighted by Gasteiger charge is 2.31. The van der Waals surface area contributed by atoms with Crippen molar-refractivity contribution in [3.63, 3.8) is 0 Å². The van der Waals surface area contributed by atoms with Crippen LogP contribution in [0.1, 0.15) is 12.5 Å². The number of carbonyl (C=O) groups is 1. The predicted octanol–water partition coefficient (Wildman–Crippen LogP) is 0.383. The summed E-state index contributed by atoms with van der Waals surface area (Å²) in [5.41, 5.74) is 0.392. The Morgan fingerprint density at radius 2 is 1.80 bits per heavy atom. The van der Waals surface area contributed by atoms with Crippen LogP contribution in [0.25, 0.3) is 0 Å². The SMILES string of the molecule is C[C@H](N=C1NS(=O)(=O)c2ccccc21)C(=O)OCCOc1ccc(S(N)(=O)=O)cc1. The Bertz CT molecular complexity index is 1190. The van der Waals surface area contributed by atoms with Crippen molar-refractivity contribution in [2.75, 3.05) is 13.2 Å². The average Bonchev–Trinajstić information content (AvgIpc) is 2.95. The highest BCUT2D eigenvalue weighted by atomic mass is 32.2. The fourth-order valence-electron chi connectivity index (χ4n) is 2.62. The average molecular weight is 453 g/mol. The van der Waals surface area contributed by atoms with E-state index in [0.717, 1.165) is 0 Å². The van der Waals surface area contributed by atoms with Gasteiger partial charge >= 0.3 is 5.97 Å². The molecule has 0 radical (unpaired) electrons. The normalized spacial score (nSPS) is 17.1. The lowest BCUT2D eigenvalue weighted by atomic mass is 10.2. The topological polar surface area (TPSA) is 154 Å². The first-order valence-corrected chi connectivity index (χ1v) is 11.7. The minimum Gasteiger partial charge on any atom is -0.490 e. The fraction of sp³-hybridized carbons (Fsp3) is 0.222. The third-order valence-corrected chi connectivity index (χ3v) is 6.40. The Kier molecular flexibility index (Phi) is 6.10. The van der Waals surface area contributed by atoms with E-state index in [1.807, 2.05) is 0 Å². The second-order valence-electron chi connectivity index (χ2n) is 6.29. The van der Waals surface area contributed by atoms with Crippen LogP contribution in [0.15, 0.2) is 63.3 Å². The molecule has 3 N–H and O–H groups in total. The van der Waals surface area contributed by atoms with Crippen LogP contribution in [-0.2, 0) is 29.6 Å². The zero-order valence-corrected chi connectivity index (χ0v) is 17.4. The van der Waals surface area contributed by atoms with Gasteiger partial charge in [0.25, 0.3) is 10.0 Å². The second-order valence-corrected chi connectivity index (χ2v) is 9.50. The number of rotatable bonds is 7. The Morgan fingerprint density at radius 3 is 2.47 bits per heavy atom. The van der Waals surface area contributed by atoms with Gasteiger partial charge in [0, 0.05) is 5.56 Å². The maximum Gasteiger partial charge on any atom is 0.330 e. The van der Waals surface area contributed by atoms with Gasteiger partial charge < -0.3 is 9.47 Å². The molecule has 1 aliphatic heterocycles. The number of benzene rings is 2. The second kappa shape index (κ2) is 8.42. The molecule has 0 saturated carbocycles. The molecule has 12 heteroatoms. The number of hydrogen-bond donors (Lipinski definition) is 2. The highest BCUT2D eigenvalue weighted by Crippen LogP contribution is 2.22. The van der Waals surface area contributed by atoms with Crippen LogP contribution < -0.4 is 14.6 Å². The minimum absolute atomic E-state index is 0.0270. The number of nitrogens with one attached hydrogen (secondary N) is 1. The zero-order chi connectivity index (χ0) is 21.9. The third kappa shape index (κ3) is 4.96. The maximum atomic E-state index is 12.1. The lowest BCUT2D eigenvalue weighted by molar-refractivity contribution is -0.145. The summed E-state index contributed by atoms with van der Waals surface area (Å²) < 4.78 is 59.3. The van der Waals surface area contributed by atoms with Crippen molar-refractivity contribution in [1.82, 2.24) is 4.72 Å². The van der Waals surface area contributed by atoms with Gasteiger partial charge in [0.1, 0.15) is 30.8 Å². The molecule has 10 nitrogen and oxygen atoms in total. The molecule has 3 rings (SSSR count). The van der Waals surface area contributed by atoms with Crippen LogP contribution >= 0.6 is 0 Å². The fourth-order valence-corrected chi connectivity index (χ4v) is 4.38. The highest BCUT2D eigenvalue weighted by molar-refractivity contribution is 7.90. The van der Waals surface area contributed by atoms with E-state index in [1.165, 1.54) is 37.3 Å². The van der Waals surface area contributed by atoms with E-state index in [4.69, 9.17) is 14.6 Å². The summed E-state index contributed by atoms with van der Waals surface area (Å²) in [6.07, 6.45) is 0. The number of sulfonamides is 2. The Morgan fingerprint density at radius 1 is 1.13 bits per heavy atom. The third-order valence-electron chi connectivity index (χ3n) is 4.08. The monoisotopic (exact) mass is 453 g/mol. The van der Waals surface area contributed by atoms with Crippen molar-refractivity contribution in [1.29, 1.82) is 0 Å². The number of esters is 1. The molecule has 0 fully saturated rings. The lowest BCUT2D eigenvalue weighted by Gasteiger charge is -2.10. The smallest absolute Gasteiger partial charge is 0.330 e. The Labute approximate surface area is 173 Å². The molecule has 1 aliphatic rings. The molecular weight excluding hydrogens is 434 g/mol. The molecule has 0 aliphatic carbocycles. The van der Waals surface area contributed by atoms with Crippen molar-refractivity contribution >= 4 is 31.9 Å². The first-order chi connectivity index (χ1) is 14.1. The molecule has 1 heterocycles. The summed E-state index contributed by atoms with van der Waals surface area (Å²) in [6.45, 7) is 1.43. The lowest BCUT2D eigenvalue weighted by Crippen LogP contribution is -2.27. The van der Waals surface area contributed by atoms with E-state index in [-0.39, 0.29) is 28.8 Å². The van der Waals surface area contributed by atoms with Crippen molar-refractivity contribution in [3.8, 4) is 5.75 Å². The number of carbonyl (C=O) groups excluding carboxylic acids is 1. The standard InChI is InChI=1S/C18H19N3O7S2/c1-12(20-17-15-4-2-3-5-16(15)30(25,26)21-17)18(22)28-11-10-27-13-6-8-14(9-7-13)29(19,23)24/h2-9,12H,10-11H2,1H3,(H,20,21)(H2,19,23,24)/t12-/m0/s1. The number of hydrogen-bond acceptors (Lipinski definition) is 8. The van der Waals surface area contributed by atoms with Crippen LogP contribution in [0, 0.1) is 0 Å². The van der Waals surface area contributed by atoms with Gasteiger partial charge in [-0.15, -0.1) is 0 Å². The van der Waals surface area contributed by atoms with Crippen LogP contribution in [0.4, 0.5) is 0 Å². The molecular formula is C18H19N3O7S2. The molecule has 160 valence electrons. The molecule has 0 aromatic heterocycles. The summed E-state index contributed by atoms with van der Waals surface area (Å²) in [6, 6.07) is 10.8. The van der Waals surface area contributed by atoms with Crippen LogP contribution in [0.2, 0.25) is 0 Å². The van der Waals surface area contributed by atoms with Crippen molar-refractivity contribution in [2.24, 2.45) is 10.1 Å². The van der Waals surface area contributed by atoms with Gasteiger partial charge in [-0.1, -0.05) is 12.1 Å². The largest absolute Gasteiger partial charge is 0.490 e. The predicted molar refractivity (Wildman–Crippen MR) is 107 cm³/mol. The molecule has 0 spiro atoms. The summed E-state index contributed by atoms with van der Waals surface area (Å²) in [7, 11) is -7.47. The number of fused-ring (bicyclic) bond motifs is 1. The summed E-state index contributed by atoms with van der Waals surface area (Å²) in [4.78, 5) is 16.3. The van der Waals surface area contributed by atoms with E-state index in [9.17, 15) is 21.6 Å². The minimum atomic E-state index is -3.78. The van der Waals surface area contributed by atoms with Gasteiger partial charge in [0.15, 0.2) is 0 Å². The first kappa shape index (κ1) is 21.7. The van der Waals surface area contributed by atoms with Gasteiger partial charge in [-0.05, 0) is 43.3 Å². The van der Waals surface area contributed by atoms with Gasteiger partial charge in [0.2, 0.25) is 10.0 Å². The number of aliphatic imine (C=N–C) groups is 1. The van der Waals surface area contributed by atoms with E-state index < -0.39 is 32.1 Å². The van der Waals surface area contributed by atoms with Gasteiger partial charge in [-0.3, -0.25) is 9.71 Å². The number of primary sulfonamides is 1. The molecule has 2 aromatic rings. The maximum absolute atomic E-state index is 12.1. The molecule has 30 heavy (non-hydrogen) atoms. The molecule has 0 saturated heterocycles. The van der Waals surface area contributed by atoms with Crippen molar-refractivity contribution in [3.05, 3.63) is 54.1 Å². The molecule has 0 bridgehead atoms. The van der Waals surface area contributed by atoms with E-state index >= 15 is 0 Å². The van der Waals surface area contributed by atoms with Gasteiger partial charge in [-0.2, -0.15) is 0 Å².